The van der Waals surface area contributed by atoms with Crippen molar-refractivity contribution < 1.29 is 14.5 Å². The van der Waals surface area contributed by atoms with Gasteiger partial charge in [0, 0.05) is 28.4 Å². The molecule has 0 fully saturated rings. The molecule has 0 heterocycles. The molecule has 124 valence electrons. The number of hydrogen-bond donors (Lipinski definition) is 1. The highest BCUT2D eigenvalue weighted by molar-refractivity contribution is 6.30. The van der Waals surface area contributed by atoms with E-state index in [-0.39, 0.29) is 11.5 Å². The number of rotatable bonds is 6. The third kappa shape index (κ3) is 4.33. The van der Waals surface area contributed by atoms with Crippen LogP contribution in [0.5, 0.6) is 5.75 Å². The summed E-state index contributed by atoms with van der Waals surface area (Å²) in [6.45, 7) is 1.72. The number of nitro benzene ring substituents is 1. The summed E-state index contributed by atoms with van der Waals surface area (Å²) in [4.78, 5) is 22.5. The smallest absolute Gasteiger partial charge is 0.273 e. The van der Waals surface area contributed by atoms with E-state index < -0.39 is 4.92 Å². The van der Waals surface area contributed by atoms with Crippen LogP contribution in [-0.4, -0.2) is 17.8 Å². The number of allylic oxidation sites excluding steroid dienone is 2. The van der Waals surface area contributed by atoms with Crippen molar-refractivity contribution in [2.24, 2.45) is 0 Å². The summed E-state index contributed by atoms with van der Waals surface area (Å²) >= 11 is 5.80. The number of carbonyl (C=O) groups excluding carboxylic acids is 1. The molecule has 0 amide bonds. The molecule has 0 radical (unpaired) electrons. The largest absolute Gasteiger partial charge is 0.494 e. The molecule has 0 saturated heterocycles. The van der Waals surface area contributed by atoms with E-state index in [1.807, 2.05) is 0 Å². The van der Waals surface area contributed by atoms with Crippen molar-refractivity contribution in [1.82, 2.24) is 0 Å². The Balaban J connectivity index is 2.19. The summed E-state index contributed by atoms with van der Waals surface area (Å²) in [5.41, 5.74) is 1.54. The first-order chi connectivity index (χ1) is 11.4. The molecule has 7 heteroatoms. The number of nitrogens with zero attached hydrogens (tertiary/aromatic N) is 1. The molecule has 6 nitrogen and oxygen atoms in total. The predicted molar refractivity (Wildman–Crippen MR) is 92.8 cm³/mol. The second-order valence-corrected chi connectivity index (χ2v) is 5.40. The van der Waals surface area contributed by atoms with E-state index in [4.69, 9.17) is 16.3 Å². The lowest BCUT2D eigenvalue weighted by molar-refractivity contribution is -0.384. The van der Waals surface area contributed by atoms with Crippen LogP contribution in [0.3, 0.4) is 0 Å². The molecule has 2 rings (SSSR count). The van der Waals surface area contributed by atoms with Gasteiger partial charge < -0.3 is 10.1 Å². The average molecular weight is 347 g/mol. The van der Waals surface area contributed by atoms with Gasteiger partial charge in [-0.05, 0) is 37.3 Å². The maximum absolute atomic E-state index is 12.2. The lowest BCUT2D eigenvalue weighted by atomic mass is 10.1. The van der Waals surface area contributed by atoms with Crippen molar-refractivity contribution in [2.45, 2.75) is 6.92 Å². The predicted octanol–water partition coefficient (Wildman–Crippen LogP) is 4.46. The lowest BCUT2D eigenvalue weighted by Crippen LogP contribution is -2.03. The second-order valence-electron chi connectivity index (χ2n) is 4.97. The van der Waals surface area contributed by atoms with E-state index in [0.29, 0.717) is 27.7 Å². The van der Waals surface area contributed by atoms with Crippen LogP contribution >= 0.6 is 11.6 Å². The molecule has 0 saturated carbocycles. The highest BCUT2D eigenvalue weighted by atomic mass is 35.5. The van der Waals surface area contributed by atoms with E-state index in [9.17, 15) is 14.9 Å². The number of anilines is 1. The highest BCUT2D eigenvalue weighted by Gasteiger charge is 2.12. The van der Waals surface area contributed by atoms with Gasteiger partial charge in [-0.1, -0.05) is 11.6 Å². The third-order valence-corrected chi connectivity index (χ3v) is 3.46. The molecular weight excluding hydrogens is 332 g/mol. The summed E-state index contributed by atoms with van der Waals surface area (Å²) in [6, 6.07) is 10.8. The van der Waals surface area contributed by atoms with E-state index in [1.165, 1.54) is 31.4 Å². The van der Waals surface area contributed by atoms with E-state index >= 15 is 0 Å². The van der Waals surface area contributed by atoms with Gasteiger partial charge in [0.2, 0.25) is 0 Å². The quantitative estimate of drug-likeness (QED) is 0.361. The van der Waals surface area contributed by atoms with Gasteiger partial charge in [-0.25, -0.2) is 0 Å². The van der Waals surface area contributed by atoms with Crippen LogP contribution in [-0.2, 0) is 0 Å². The zero-order valence-corrected chi connectivity index (χ0v) is 13.8. The second kappa shape index (κ2) is 7.61. The Morgan fingerprint density at radius 1 is 1.25 bits per heavy atom. The van der Waals surface area contributed by atoms with Crippen molar-refractivity contribution in [3.05, 3.63) is 74.9 Å². The van der Waals surface area contributed by atoms with Gasteiger partial charge in [0.25, 0.3) is 5.69 Å². The van der Waals surface area contributed by atoms with Crippen LogP contribution in [0.25, 0.3) is 0 Å². The van der Waals surface area contributed by atoms with E-state index in [0.717, 1.165) is 0 Å². The lowest BCUT2D eigenvalue weighted by Gasteiger charge is -2.11. The summed E-state index contributed by atoms with van der Waals surface area (Å²) in [6.07, 6.45) is 1.43. The fourth-order valence-corrected chi connectivity index (χ4v) is 2.17. The van der Waals surface area contributed by atoms with Gasteiger partial charge in [0.1, 0.15) is 5.75 Å². The van der Waals surface area contributed by atoms with Gasteiger partial charge in [-0.15, -0.1) is 0 Å². The third-order valence-electron chi connectivity index (χ3n) is 3.20. The normalized spacial score (nSPS) is 11.0. The number of ether oxygens (including phenoxy) is 1. The number of halogens is 1. The molecule has 0 atom stereocenters. The Bertz CT molecular complexity index is 801. The number of hydrogen-bond acceptors (Lipinski definition) is 5. The standard InChI is InChI=1S/C17H15ClN2O4/c1-11(9-16(21)12-3-5-13(18)6-4-12)19-15-8-7-14(20(22)23)10-17(15)24-2/h3-10,19H,1-2H3/b11-9+. The van der Waals surface area contributed by atoms with Crippen molar-refractivity contribution in [2.75, 3.05) is 12.4 Å². The number of nitrogens with one attached hydrogen (secondary N) is 1. The number of nitro groups is 1. The fraction of sp³-hybridized carbons (Fsp3) is 0.118. The Morgan fingerprint density at radius 3 is 2.50 bits per heavy atom. The van der Waals surface area contributed by atoms with Crippen LogP contribution in [0.4, 0.5) is 11.4 Å². The maximum atomic E-state index is 12.2. The minimum Gasteiger partial charge on any atom is -0.494 e. The SMILES string of the molecule is COc1cc([N+](=O)[O-])ccc1N/C(C)=C/C(=O)c1ccc(Cl)cc1. The Morgan fingerprint density at radius 2 is 1.92 bits per heavy atom. The van der Waals surface area contributed by atoms with Gasteiger partial charge >= 0.3 is 0 Å². The molecule has 2 aromatic rings. The van der Waals surface area contributed by atoms with E-state index in [2.05, 4.69) is 5.32 Å². The molecular formula is C17H15ClN2O4. The first-order valence-electron chi connectivity index (χ1n) is 6.98. The minimum absolute atomic E-state index is 0.0729. The highest BCUT2D eigenvalue weighted by Crippen LogP contribution is 2.29. The van der Waals surface area contributed by atoms with Crippen LogP contribution in [0.2, 0.25) is 5.02 Å². The minimum atomic E-state index is -0.501. The first-order valence-corrected chi connectivity index (χ1v) is 7.36. The average Bonchev–Trinajstić information content (AvgIpc) is 2.55. The zero-order valence-electron chi connectivity index (χ0n) is 13.1. The molecule has 1 N–H and O–H groups in total. The first kappa shape index (κ1) is 17.5. The summed E-state index contributed by atoms with van der Waals surface area (Å²) in [7, 11) is 1.42. The Kier molecular flexibility index (Phi) is 5.55. The number of benzene rings is 2. The Hall–Kier alpha value is -2.86. The number of methoxy groups -OCH3 is 1. The molecule has 0 spiro atoms. The van der Waals surface area contributed by atoms with Crippen LogP contribution < -0.4 is 10.1 Å². The summed E-state index contributed by atoms with van der Waals surface area (Å²) < 4.78 is 5.15. The molecule has 0 aliphatic heterocycles. The zero-order chi connectivity index (χ0) is 17.7. The van der Waals surface area contributed by atoms with Crippen LogP contribution in [0.1, 0.15) is 17.3 Å². The molecule has 0 aliphatic rings. The molecule has 0 aromatic heterocycles. The van der Waals surface area contributed by atoms with Crippen molar-refractivity contribution >= 4 is 28.8 Å². The monoisotopic (exact) mass is 346 g/mol. The summed E-state index contributed by atoms with van der Waals surface area (Å²) in [5.74, 6) is 0.133. The molecule has 2 aromatic carbocycles. The van der Waals surface area contributed by atoms with Crippen molar-refractivity contribution in [3.63, 3.8) is 0 Å². The maximum Gasteiger partial charge on any atom is 0.273 e. The topological polar surface area (TPSA) is 81.5 Å². The van der Waals surface area contributed by atoms with Gasteiger partial charge in [-0.2, -0.15) is 0 Å². The Labute approximate surface area is 143 Å². The molecule has 0 unspecified atom stereocenters. The van der Waals surface area contributed by atoms with Gasteiger partial charge in [-0.3, -0.25) is 14.9 Å². The van der Waals surface area contributed by atoms with Crippen LogP contribution in [0, 0.1) is 10.1 Å². The van der Waals surface area contributed by atoms with E-state index in [1.54, 1.807) is 31.2 Å². The number of ketones is 1. The van der Waals surface area contributed by atoms with Gasteiger partial charge in [0.05, 0.1) is 23.8 Å². The van der Waals surface area contributed by atoms with Gasteiger partial charge in [0.15, 0.2) is 5.78 Å². The molecule has 0 aliphatic carbocycles. The molecule has 0 bridgehead atoms. The van der Waals surface area contributed by atoms with Crippen molar-refractivity contribution in [3.8, 4) is 5.75 Å². The van der Waals surface area contributed by atoms with Crippen molar-refractivity contribution in [1.29, 1.82) is 0 Å². The van der Waals surface area contributed by atoms with Crippen LogP contribution in [0.15, 0.2) is 54.2 Å². The molecule has 24 heavy (non-hydrogen) atoms. The summed E-state index contributed by atoms with van der Waals surface area (Å²) in [5, 5.41) is 14.4. The number of carbonyl (C=O) groups is 1. The number of non-ortho nitro benzene ring substituents is 1. The fourth-order valence-electron chi connectivity index (χ4n) is 2.04.